The number of rotatable bonds is 9. The number of amidine groups is 1. The zero-order valence-corrected chi connectivity index (χ0v) is 18.7. The van der Waals surface area contributed by atoms with Crippen molar-refractivity contribution in [2.24, 2.45) is 0 Å². The van der Waals surface area contributed by atoms with Crippen LogP contribution in [0.2, 0.25) is 0 Å². The van der Waals surface area contributed by atoms with E-state index in [4.69, 9.17) is 5.41 Å². The van der Waals surface area contributed by atoms with Crippen molar-refractivity contribution in [3.63, 3.8) is 0 Å². The van der Waals surface area contributed by atoms with Crippen molar-refractivity contribution < 1.29 is 9.90 Å². The first kappa shape index (κ1) is 24.0. The van der Waals surface area contributed by atoms with Gasteiger partial charge in [-0.05, 0) is 43.6 Å². The van der Waals surface area contributed by atoms with Crippen molar-refractivity contribution in [1.82, 2.24) is 14.7 Å². The summed E-state index contributed by atoms with van der Waals surface area (Å²) in [6.45, 7) is 19.6. The van der Waals surface area contributed by atoms with E-state index in [0.717, 1.165) is 28.9 Å². The summed E-state index contributed by atoms with van der Waals surface area (Å²) >= 11 is 0. The summed E-state index contributed by atoms with van der Waals surface area (Å²) in [5.74, 6) is 0.625. The molecule has 0 saturated carbocycles. The van der Waals surface area contributed by atoms with E-state index in [1.165, 1.54) is 6.08 Å². The lowest BCUT2D eigenvalue weighted by atomic mass is 10.0. The molecule has 1 aromatic carbocycles. The van der Waals surface area contributed by atoms with Gasteiger partial charge in [0, 0.05) is 50.5 Å². The highest BCUT2D eigenvalue weighted by molar-refractivity contribution is 5.95. The number of carbonyl (C=O) groups is 1. The normalized spacial score (nSPS) is 14.2. The van der Waals surface area contributed by atoms with Gasteiger partial charge in [0.25, 0.3) is 0 Å². The highest BCUT2D eigenvalue weighted by Crippen LogP contribution is 2.24. The molecule has 166 valence electrons. The van der Waals surface area contributed by atoms with Crippen LogP contribution in [-0.4, -0.2) is 70.8 Å². The number of amides is 1. The minimum Gasteiger partial charge on any atom is -0.513 e. The molecule has 0 bridgehead atoms. The van der Waals surface area contributed by atoms with Crippen molar-refractivity contribution in [2.75, 3.05) is 39.3 Å². The maximum absolute atomic E-state index is 11.7. The van der Waals surface area contributed by atoms with Gasteiger partial charge in [0.05, 0.1) is 5.76 Å². The monoisotopic (exact) mass is 422 g/mol. The minimum absolute atomic E-state index is 0.0615. The number of nitrogens with one attached hydrogen (secondary N) is 1. The van der Waals surface area contributed by atoms with Crippen LogP contribution in [0, 0.1) is 5.41 Å². The summed E-state index contributed by atoms with van der Waals surface area (Å²) < 4.78 is 0. The van der Waals surface area contributed by atoms with E-state index >= 15 is 0 Å². The highest BCUT2D eigenvalue weighted by Gasteiger charge is 2.22. The van der Waals surface area contributed by atoms with Crippen LogP contribution in [0.1, 0.15) is 31.4 Å². The third-order valence-electron chi connectivity index (χ3n) is 5.50. The first-order chi connectivity index (χ1) is 14.8. The Morgan fingerprint density at radius 3 is 2.39 bits per heavy atom. The quantitative estimate of drug-likeness (QED) is 0.271. The molecule has 1 saturated heterocycles. The average Bonchev–Trinajstić information content (AvgIpc) is 2.78. The zero-order chi connectivity index (χ0) is 23.0. The largest absolute Gasteiger partial charge is 0.513 e. The van der Waals surface area contributed by atoms with E-state index in [9.17, 15) is 9.90 Å². The summed E-state index contributed by atoms with van der Waals surface area (Å²) in [4.78, 5) is 17.6. The lowest BCUT2D eigenvalue weighted by Gasteiger charge is -2.36. The lowest BCUT2D eigenvalue weighted by Crippen LogP contribution is -2.50. The molecule has 0 aliphatic carbocycles. The summed E-state index contributed by atoms with van der Waals surface area (Å²) in [6, 6.07) is 7.86. The lowest BCUT2D eigenvalue weighted by molar-refractivity contribution is -0.127. The molecule has 1 aliphatic rings. The first-order valence-corrected chi connectivity index (χ1v) is 10.6. The first-order valence-electron chi connectivity index (χ1n) is 10.6. The fourth-order valence-electron chi connectivity index (χ4n) is 3.66. The number of allylic oxidation sites excluding steroid dienone is 1. The van der Waals surface area contributed by atoms with Crippen LogP contribution in [0.15, 0.2) is 61.4 Å². The number of hydrogen-bond acceptors (Lipinski definition) is 4. The number of piperazine rings is 1. The Balaban J connectivity index is 1.97. The highest BCUT2D eigenvalue weighted by atomic mass is 16.3. The Hall–Kier alpha value is -3.28. The third-order valence-corrected chi connectivity index (χ3v) is 5.50. The second-order valence-corrected chi connectivity index (χ2v) is 7.62. The smallest absolute Gasteiger partial charge is 0.246 e. The van der Waals surface area contributed by atoms with Crippen LogP contribution in [0.4, 0.5) is 0 Å². The SMILES string of the molecule is C=CC(=O)N1CCN(C(=N)C(=C)CCN(CC)C(=C)c2ccccc2/C=C(\C)O)CC1. The number of nitrogens with zero attached hydrogens (tertiary/aromatic N) is 3. The maximum Gasteiger partial charge on any atom is 0.246 e. The van der Waals surface area contributed by atoms with Crippen molar-refractivity contribution in [1.29, 1.82) is 5.41 Å². The molecule has 0 spiro atoms. The summed E-state index contributed by atoms with van der Waals surface area (Å²) in [5.41, 5.74) is 3.55. The van der Waals surface area contributed by atoms with Crippen molar-refractivity contribution in [3.8, 4) is 0 Å². The maximum atomic E-state index is 11.7. The summed E-state index contributed by atoms with van der Waals surface area (Å²) in [7, 11) is 0. The van der Waals surface area contributed by atoms with Crippen LogP contribution < -0.4 is 0 Å². The molecule has 2 rings (SSSR count). The topological polar surface area (TPSA) is 70.9 Å². The van der Waals surface area contributed by atoms with E-state index in [1.54, 1.807) is 17.9 Å². The van der Waals surface area contributed by atoms with Crippen molar-refractivity contribution >= 4 is 23.5 Å². The van der Waals surface area contributed by atoms with Gasteiger partial charge in [-0.15, -0.1) is 0 Å². The Bertz CT molecular complexity index is 875. The Labute approximate surface area is 186 Å². The molecular weight excluding hydrogens is 388 g/mol. The molecular formula is C25H34N4O2. The molecule has 6 heteroatoms. The van der Waals surface area contributed by atoms with E-state index in [1.807, 2.05) is 29.2 Å². The van der Waals surface area contributed by atoms with Gasteiger partial charge in [0.2, 0.25) is 5.91 Å². The molecule has 1 amide bonds. The van der Waals surface area contributed by atoms with E-state index in [2.05, 4.69) is 31.6 Å². The number of hydrogen-bond donors (Lipinski definition) is 2. The van der Waals surface area contributed by atoms with Crippen LogP contribution in [0.3, 0.4) is 0 Å². The number of benzene rings is 1. The van der Waals surface area contributed by atoms with E-state index < -0.39 is 0 Å². The average molecular weight is 423 g/mol. The molecule has 1 heterocycles. The van der Waals surface area contributed by atoms with Gasteiger partial charge in [-0.1, -0.05) is 44.0 Å². The molecule has 0 radical (unpaired) electrons. The number of aliphatic hydroxyl groups excluding tert-OH is 1. The predicted octanol–water partition coefficient (Wildman–Crippen LogP) is 4.15. The minimum atomic E-state index is -0.0615. The van der Waals surface area contributed by atoms with E-state index in [0.29, 0.717) is 45.0 Å². The fraction of sp³-hybridized carbons (Fsp3) is 0.360. The molecule has 0 unspecified atom stereocenters. The van der Waals surface area contributed by atoms with Gasteiger partial charge in [0.15, 0.2) is 0 Å². The van der Waals surface area contributed by atoms with Gasteiger partial charge in [0.1, 0.15) is 5.84 Å². The molecule has 1 aromatic rings. The van der Waals surface area contributed by atoms with Crippen molar-refractivity contribution in [2.45, 2.75) is 20.3 Å². The molecule has 1 fully saturated rings. The molecule has 6 nitrogen and oxygen atoms in total. The molecule has 2 N–H and O–H groups in total. The van der Waals surface area contributed by atoms with Gasteiger partial charge in [-0.2, -0.15) is 0 Å². The third kappa shape index (κ3) is 6.35. The number of carbonyl (C=O) groups excluding carboxylic acids is 1. The molecule has 0 atom stereocenters. The van der Waals surface area contributed by atoms with Gasteiger partial charge >= 0.3 is 0 Å². The summed E-state index contributed by atoms with van der Waals surface area (Å²) in [5, 5.41) is 18.2. The van der Waals surface area contributed by atoms with Crippen LogP contribution in [-0.2, 0) is 4.79 Å². The Morgan fingerprint density at radius 2 is 1.81 bits per heavy atom. The Kier molecular flexibility index (Phi) is 8.67. The van der Waals surface area contributed by atoms with Gasteiger partial charge < -0.3 is 19.8 Å². The van der Waals surface area contributed by atoms with Crippen LogP contribution in [0.25, 0.3) is 11.8 Å². The standard InChI is InChI=1S/C25H34N4O2/c1-6-24(31)28-14-16-29(17-15-28)25(26)19(3)12-13-27(7-2)21(5)23-11-9-8-10-22(23)18-20(4)30/h6,8-11,18,26,30H,1,3,5,7,12-17H2,2,4H3/b20-18+,26-25?. The van der Waals surface area contributed by atoms with Gasteiger partial charge in [-0.3, -0.25) is 10.2 Å². The van der Waals surface area contributed by atoms with Crippen LogP contribution in [0.5, 0.6) is 0 Å². The molecule has 31 heavy (non-hydrogen) atoms. The van der Waals surface area contributed by atoms with Crippen molar-refractivity contribution in [3.05, 3.63) is 72.5 Å². The number of aliphatic hydroxyl groups is 1. The Morgan fingerprint density at radius 1 is 1.19 bits per heavy atom. The van der Waals surface area contributed by atoms with Crippen LogP contribution >= 0.6 is 0 Å². The second kappa shape index (κ2) is 11.2. The summed E-state index contributed by atoms with van der Waals surface area (Å²) in [6.07, 6.45) is 3.72. The zero-order valence-electron chi connectivity index (χ0n) is 18.7. The second-order valence-electron chi connectivity index (χ2n) is 7.62. The molecule has 1 aliphatic heterocycles. The fourth-order valence-corrected chi connectivity index (χ4v) is 3.66. The predicted molar refractivity (Wildman–Crippen MR) is 129 cm³/mol. The van der Waals surface area contributed by atoms with Gasteiger partial charge in [-0.25, -0.2) is 0 Å². The van der Waals surface area contributed by atoms with E-state index in [-0.39, 0.29) is 11.7 Å². The molecule has 0 aromatic heterocycles.